The van der Waals surface area contributed by atoms with Crippen LogP contribution in [0, 0.1) is 0 Å². The number of nitrogens with two attached hydrogens (primary N) is 1. The largest absolute Gasteiger partial charge is 0.399 e. The molecule has 0 atom stereocenters. The molecular formula is C16H17ClN2. The molecule has 2 nitrogen and oxygen atoms in total. The van der Waals surface area contributed by atoms with Gasteiger partial charge in [0, 0.05) is 29.5 Å². The minimum absolute atomic E-state index is 0.768. The maximum atomic E-state index is 6.26. The molecule has 3 rings (SSSR count). The lowest BCUT2D eigenvalue weighted by Crippen LogP contribution is -2.28. The van der Waals surface area contributed by atoms with Gasteiger partial charge in [-0.25, -0.2) is 0 Å². The van der Waals surface area contributed by atoms with Crippen molar-refractivity contribution in [3.63, 3.8) is 0 Å². The monoisotopic (exact) mass is 272 g/mol. The van der Waals surface area contributed by atoms with Crippen molar-refractivity contribution < 1.29 is 0 Å². The summed E-state index contributed by atoms with van der Waals surface area (Å²) in [5, 5.41) is 0.789. The highest BCUT2D eigenvalue weighted by Gasteiger charge is 2.17. The Morgan fingerprint density at radius 1 is 1.16 bits per heavy atom. The third kappa shape index (κ3) is 2.54. The van der Waals surface area contributed by atoms with Gasteiger partial charge in [0.25, 0.3) is 0 Å². The third-order valence-corrected chi connectivity index (χ3v) is 4.01. The molecule has 0 unspecified atom stereocenters. The second-order valence-corrected chi connectivity index (χ2v) is 5.41. The Morgan fingerprint density at radius 3 is 2.89 bits per heavy atom. The molecule has 2 N–H and O–H groups in total. The van der Waals surface area contributed by atoms with Gasteiger partial charge in [0.2, 0.25) is 0 Å². The van der Waals surface area contributed by atoms with Gasteiger partial charge < -0.3 is 10.6 Å². The van der Waals surface area contributed by atoms with E-state index in [-0.39, 0.29) is 0 Å². The fourth-order valence-electron chi connectivity index (χ4n) is 2.70. The van der Waals surface area contributed by atoms with Crippen LogP contribution in [0.3, 0.4) is 0 Å². The lowest BCUT2D eigenvalue weighted by atomic mass is 10.0. The van der Waals surface area contributed by atoms with Crippen LogP contribution in [-0.4, -0.2) is 6.54 Å². The van der Waals surface area contributed by atoms with Crippen molar-refractivity contribution in [1.29, 1.82) is 0 Å². The van der Waals surface area contributed by atoms with Crippen molar-refractivity contribution in [3.8, 4) is 0 Å². The molecule has 0 saturated carbocycles. The SMILES string of the molecule is Nc1ccc(Cl)c(CN2CCCc3ccccc32)c1. The Morgan fingerprint density at radius 2 is 2.00 bits per heavy atom. The van der Waals surface area contributed by atoms with E-state index in [9.17, 15) is 0 Å². The number of nitrogen functional groups attached to an aromatic ring is 1. The summed E-state index contributed by atoms with van der Waals surface area (Å²) in [7, 11) is 0. The van der Waals surface area contributed by atoms with Gasteiger partial charge in [0.05, 0.1) is 0 Å². The summed E-state index contributed by atoms with van der Waals surface area (Å²) in [6.45, 7) is 1.89. The smallest absolute Gasteiger partial charge is 0.0457 e. The molecular weight excluding hydrogens is 256 g/mol. The van der Waals surface area contributed by atoms with Crippen LogP contribution in [0.15, 0.2) is 42.5 Å². The fraction of sp³-hybridized carbons (Fsp3) is 0.250. The van der Waals surface area contributed by atoms with Crippen LogP contribution in [0.4, 0.5) is 11.4 Å². The van der Waals surface area contributed by atoms with Crippen molar-refractivity contribution in [2.45, 2.75) is 19.4 Å². The normalized spacial score (nSPS) is 14.3. The first-order chi connectivity index (χ1) is 9.24. The first-order valence-electron chi connectivity index (χ1n) is 6.61. The van der Waals surface area contributed by atoms with Gasteiger partial charge in [0.15, 0.2) is 0 Å². The molecule has 98 valence electrons. The van der Waals surface area contributed by atoms with E-state index < -0.39 is 0 Å². The summed E-state index contributed by atoms with van der Waals surface area (Å²) in [5.74, 6) is 0. The van der Waals surface area contributed by atoms with E-state index in [1.54, 1.807) is 0 Å². The molecule has 2 aromatic rings. The number of anilines is 2. The summed E-state index contributed by atoms with van der Waals surface area (Å²) >= 11 is 6.26. The predicted octanol–water partition coefficient (Wildman–Crippen LogP) is 3.88. The van der Waals surface area contributed by atoms with Gasteiger partial charge in [-0.3, -0.25) is 0 Å². The molecule has 0 spiro atoms. The molecule has 0 aliphatic carbocycles. The van der Waals surface area contributed by atoms with E-state index in [1.807, 2.05) is 18.2 Å². The molecule has 0 saturated heterocycles. The van der Waals surface area contributed by atoms with Crippen molar-refractivity contribution >= 4 is 23.0 Å². The van der Waals surface area contributed by atoms with E-state index in [1.165, 1.54) is 17.7 Å². The Hall–Kier alpha value is -1.67. The summed E-state index contributed by atoms with van der Waals surface area (Å²) < 4.78 is 0. The first kappa shape index (κ1) is 12.4. The first-order valence-corrected chi connectivity index (χ1v) is 6.98. The Balaban J connectivity index is 1.90. The second kappa shape index (κ2) is 5.14. The number of hydrogen-bond donors (Lipinski definition) is 1. The van der Waals surface area contributed by atoms with E-state index >= 15 is 0 Å². The lowest BCUT2D eigenvalue weighted by molar-refractivity contribution is 0.691. The molecule has 0 amide bonds. The molecule has 1 aliphatic rings. The molecule has 2 aromatic carbocycles. The summed E-state index contributed by atoms with van der Waals surface area (Å²) in [4.78, 5) is 2.39. The molecule has 1 aliphatic heterocycles. The standard InChI is InChI=1S/C16H17ClN2/c17-15-8-7-14(18)10-13(15)11-19-9-3-5-12-4-1-2-6-16(12)19/h1-2,4,6-8,10H,3,5,9,11,18H2. The predicted molar refractivity (Wildman–Crippen MR) is 81.7 cm³/mol. The van der Waals surface area contributed by atoms with Crippen molar-refractivity contribution in [2.24, 2.45) is 0 Å². The average Bonchev–Trinajstić information content (AvgIpc) is 2.43. The highest BCUT2D eigenvalue weighted by Crippen LogP contribution is 2.30. The molecule has 1 heterocycles. The molecule has 0 aromatic heterocycles. The van der Waals surface area contributed by atoms with Crippen molar-refractivity contribution in [2.75, 3.05) is 17.2 Å². The number of halogens is 1. The number of para-hydroxylation sites is 1. The zero-order valence-corrected chi connectivity index (χ0v) is 11.5. The Bertz CT molecular complexity index is 595. The van der Waals surface area contributed by atoms with E-state index in [0.29, 0.717) is 0 Å². The lowest BCUT2D eigenvalue weighted by Gasteiger charge is -2.31. The topological polar surface area (TPSA) is 29.3 Å². The van der Waals surface area contributed by atoms with E-state index in [0.717, 1.165) is 35.8 Å². The zero-order chi connectivity index (χ0) is 13.2. The van der Waals surface area contributed by atoms with Crippen LogP contribution in [-0.2, 0) is 13.0 Å². The van der Waals surface area contributed by atoms with Crippen LogP contribution in [0.2, 0.25) is 5.02 Å². The maximum absolute atomic E-state index is 6.26. The Kier molecular flexibility index (Phi) is 3.34. The van der Waals surface area contributed by atoms with Crippen LogP contribution in [0.5, 0.6) is 0 Å². The number of hydrogen-bond acceptors (Lipinski definition) is 2. The number of nitrogens with zero attached hydrogens (tertiary/aromatic N) is 1. The van der Waals surface area contributed by atoms with Gasteiger partial charge in [0.1, 0.15) is 0 Å². The van der Waals surface area contributed by atoms with Gasteiger partial charge in [-0.2, -0.15) is 0 Å². The number of aryl methyl sites for hydroxylation is 1. The molecule has 0 radical (unpaired) electrons. The zero-order valence-electron chi connectivity index (χ0n) is 10.8. The van der Waals surface area contributed by atoms with Crippen molar-refractivity contribution in [1.82, 2.24) is 0 Å². The summed E-state index contributed by atoms with van der Waals surface area (Å²) in [6.07, 6.45) is 2.36. The number of fused-ring (bicyclic) bond motifs is 1. The second-order valence-electron chi connectivity index (χ2n) is 5.00. The van der Waals surface area contributed by atoms with Crippen LogP contribution in [0.25, 0.3) is 0 Å². The molecule has 0 bridgehead atoms. The minimum Gasteiger partial charge on any atom is -0.399 e. The summed E-state index contributed by atoms with van der Waals surface area (Å²) in [6, 6.07) is 14.3. The highest BCUT2D eigenvalue weighted by atomic mass is 35.5. The van der Waals surface area contributed by atoms with Crippen LogP contribution < -0.4 is 10.6 Å². The van der Waals surface area contributed by atoms with E-state index in [4.69, 9.17) is 17.3 Å². The third-order valence-electron chi connectivity index (χ3n) is 3.64. The van der Waals surface area contributed by atoms with Gasteiger partial charge in [-0.15, -0.1) is 0 Å². The van der Waals surface area contributed by atoms with Gasteiger partial charge in [-0.1, -0.05) is 29.8 Å². The fourth-order valence-corrected chi connectivity index (χ4v) is 2.87. The van der Waals surface area contributed by atoms with Gasteiger partial charge >= 0.3 is 0 Å². The number of benzene rings is 2. The van der Waals surface area contributed by atoms with Crippen LogP contribution in [0.1, 0.15) is 17.5 Å². The van der Waals surface area contributed by atoms with Crippen LogP contribution >= 0.6 is 11.6 Å². The number of rotatable bonds is 2. The van der Waals surface area contributed by atoms with Gasteiger partial charge in [-0.05, 0) is 48.2 Å². The van der Waals surface area contributed by atoms with Crippen molar-refractivity contribution in [3.05, 3.63) is 58.6 Å². The Labute approximate surface area is 118 Å². The summed E-state index contributed by atoms with van der Waals surface area (Å²) in [5.41, 5.74) is 10.5. The minimum atomic E-state index is 0.768. The average molecular weight is 273 g/mol. The molecule has 3 heteroatoms. The molecule has 0 fully saturated rings. The quantitative estimate of drug-likeness (QED) is 0.841. The van der Waals surface area contributed by atoms with E-state index in [2.05, 4.69) is 29.2 Å². The molecule has 19 heavy (non-hydrogen) atoms. The highest BCUT2D eigenvalue weighted by molar-refractivity contribution is 6.31. The maximum Gasteiger partial charge on any atom is 0.0457 e.